The first-order valence-corrected chi connectivity index (χ1v) is 7.84. The van der Waals surface area contributed by atoms with Crippen LogP contribution >= 0.6 is 11.3 Å². The Balaban J connectivity index is 1.96. The highest BCUT2D eigenvalue weighted by Crippen LogP contribution is 2.29. The second-order valence-corrected chi connectivity index (χ2v) is 7.24. The molecule has 1 saturated heterocycles. The molecule has 2 atom stereocenters. The molecule has 1 aromatic carbocycles. The van der Waals surface area contributed by atoms with Gasteiger partial charge in [0.15, 0.2) is 4.34 Å². The minimum absolute atomic E-state index is 0.0117. The Morgan fingerprint density at radius 1 is 1.53 bits per heavy atom. The first-order valence-electron chi connectivity index (χ1n) is 5.81. The van der Waals surface area contributed by atoms with Crippen molar-refractivity contribution < 1.29 is 9.13 Å². The van der Waals surface area contributed by atoms with Gasteiger partial charge in [0.05, 0.1) is 31.2 Å². The van der Waals surface area contributed by atoms with E-state index in [-0.39, 0.29) is 10.9 Å². The SMILES string of the molecule is O=[N+]([O-])c1ccc2sc(S(=O)[C@@H]3CCNC3)nc2c1. The molecule has 0 saturated carbocycles. The molecule has 0 spiro atoms. The largest absolute Gasteiger partial charge is 0.315 e. The lowest BCUT2D eigenvalue weighted by atomic mass is 10.3. The van der Waals surface area contributed by atoms with Crippen LogP contribution in [0.15, 0.2) is 22.5 Å². The van der Waals surface area contributed by atoms with Gasteiger partial charge in [-0.05, 0) is 19.0 Å². The molecular weight excluding hydrogens is 286 g/mol. The fourth-order valence-electron chi connectivity index (χ4n) is 2.05. The van der Waals surface area contributed by atoms with Crippen molar-refractivity contribution in [3.8, 4) is 0 Å². The summed E-state index contributed by atoms with van der Waals surface area (Å²) in [5.74, 6) is 0. The van der Waals surface area contributed by atoms with Gasteiger partial charge in [-0.15, -0.1) is 11.3 Å². The average molecular weight is 297 g/mol. The number of hydrogen-bond acceptors (Lipinski definition) is 6. The summed E-state index contributed by atoms with van der Waals surface area (Å²) in [6.45, 7) is 1.62. The summed E-state index contributed by atoms with van der Waals surface area (Å²) in [5, 5.41) is 14.0. The molecule has 2 heterocycles. The molecular formula is C11H11N3O3S2. The van der Waals surface area contributed by atoms with Gasteiger partial charge in [0.25, 0.3) is 5.69 Å². The zero-order valence-electron chi connectivity index (χ0n) is 9.87. The van der Waals surface area contributed by atoms with Crippen molar-refractivity contribution in [3.63, 3.8) is 0 Å². The van der Waals surface area contributed by atoms with Crippen LogP contribution in [0.1, 0.15) is 6.42 Å². The van der Waals surface area contributed by atoms with E-state index in [9.17, 15) is 14.3 Å². The molecule has 3 rings (SSSR count). The lowest BCUT2D eigenvalue weighted by Crippen LogP contribution is -2.18. The first-order chi connectivity index (χ1) is 9.15. The highest BCUT2D eigenvalue weighted by atomic mass is 32.2. The maximum Gasteiger partial charge on any atom is 0.271 e. The Morgan fingerprint density at radius 3 is 3.05 bits per heavy atom. The number of nitrogens with zero attached hydrogens (tertiary/aromatic N) is 2. The summed E-state index contributed by atoms with van der Waals surface area (Å²) in [6, 6.07) is 4.54. The normalized spacial score (nSPS) is 20.7. The van der Waals surface area contributed by atoms with Crippen LogP contribution in [0.2, 0.25) is 0 Å². The highest BCUT2D eigenvalue weighted by Gasteiger charge is 2.25. The third-order valence-corrected chi connectivity index (χ3v) is 6.07. The molecule has 1 aromatic heterocycles. The number of aromatic nitrogens is 1. The molecule has 1 N–H and O–H groups in total. The number of thiazole rings is 1. The number of hydrogen-bond donors (Lipinski definition) is 1. The molecule has 8 heteroatoms. The zero-order valence-corrected chi connectivity index (χ0v) is 11.5. The van der Waals surface area contributed by atoms with Gasteiger partial charge in [0, 0.05) is 18.7 Å². The minimum Gasteiger partial charge on any atom is -0.315 e. The number of nitro benzene ring substituents is 1. The molecule has 100 valence electrons. The van der Waals surface area contributed by atoms with E-state index in [1.807, 2.05) is 0 Å². The van der Waals surface area contributed by atoms with Crippen molar-refractivity contribution in [2.24, 2.45) is 0 Å². The topological polar surface area (TPSA) is 85.1 Å². The van der Waals surface area contributed by atoms with Crippen LogP contribution in [-0.4, -0.2) is 32.5 Å². The fraction of sp³-hybridized carbons (Fsp3) is 0.364. The van der Waals surface area contributed by atoms with Crippen LogP contribution in [0.5, 0.6) is 0 Å². The van der Waals surface area contributed by atoms with Crippen LogP contribution in [0, 0.1) is 10.1 Å². The summed E-state index contributed by atoms with van der Waals surface area (Å²) in [7, 11) is -1.13. The third kappa shape index (κ3) is 2.38. The van der Waals surface area contributed by atoms with E-state index in [0.29, 0.717) is 9.86 Å². The highest BCUT2D eigenvalue weighted by molar-refractivity contribution is 7.88. The zero-order chi connectivity index (χ0) is 13.4. The molecule has 1 unspecified atom stereocenters. The van der Waals surface area contributed by atoms with Gasteiger partial charge in [-0.25, -0.2) is 4.98 Å². The smallest absolute Gasteiger partial charge is 0.271 e. The van der Waals surface area contributed by atoms with Crippen LogP contribution in [0.3, 0.4) is 0 Å². The maximum atomic E-state index is 12.3. The number of rotatable bonds is 3. The molecule has 1 aliphatic rings. The average Bonchev–Trinajstić information content (AvgIpc) is 3.06. The predicted octanol–water partition coefficient (Wildman–Crippen LogP) is 1.67. The number of nitrogens with one attached hydrogen (secondary N) is 1. The molecule has 0 bridgehead atoms. The quantitative estimate of drug-likeness (QED) is 0.688. The van der Waals surface area contributed by atoms with E-state index in [0.717, 1.165) is 24.2 Å². The van der Waals surface area contributed by atoms with Crippen molar-refractivity contribution in [2.45, 2.75) is 16.0 Å². The van der Waals surface area contributed by atoms with Gasteiger partial charge in [0.1, 0.15) is 0 Å². The Morgan fingerprint density at radius 2 is 2.37 bits per heavy atom. The summed E-state index contributed by atoms with van der Waals surface area (Å²) < 4.78 is 13.7. The van der Waals surface area contributed by atoms with Crippen LogP contribution < -0.4 is 5.32 Å². The number of nitro groups is 1. The van der Waals surface area contributed by atoms with E-state index in [1.54, 1.807) is 6.07 Å². The maximum absolute atomic E-state index is 12.3. The molecule has 0 radical (unpaired) electrons. The Labute approximate surface area is 115 Å². The summed E-state index contributed by atoms with van der Waals surface area (Å²) >= 11 is 1.35. The van der Waals surface area contributed by atoms with E-state index < -0.39 is 15.7 Å². The Bertz CT molecular complexity index is 664. The van der Waals surface area contributed by atoms with Crippen LogP contribution in [-0.2, 0) is 10.8 Å². The lowest BCUT2D eigenvalue weighted by molar-refractivity contribution is -0.384. The van der Waals surface area contributed by atoms with Gasteiger partial charge in [0.2, 0.25) is 0 Å². The van der Waals surface area contributed by atoms with Crippen molar-refractivity contribution >= 4 is 38.0 Å². The van der Waals surface area contributed by atoms with E-state index in [1.165, 1.54) is 23.5 Å². The lowest BCUT2D eigenvalue weighted by Gasteiger charge is -2.03. The summed E-state index contributed by atoms with van der Waals surface area (Å²) in [4.78, 5) is 14.5. The van der Waals surface area contributed by atoms with E-state index >= 15 is 0 Å². The van der Waals surface area contributed by atoms with Crippen LogP contribution in [0.4, 0.5) is 5.69 Å². The van der Waals surface area contributed by atoms with Gasteiger partial charge >= 0.3 is 0 Å². The van der Waals surface area contributed by atoms with Crippen molar-refractivity contribution in [1.82, 2.24) is 10.3 Å². The van der Waals surface area contributed by atoms with Gasteiger partial charge in [-0.3, -0.25) is 14.3 Å². The Hall–Kier alpha value is -1.38. The summed E-state index contributed by atoms with van der Waals surface area (Å²) in [6.07, 6.45) is 0.878. The van der Waals surface area contributed by atoms with Crippen LogP contribution in [0.25, 0.3) is 10.2 Å². The molecule has 6 nitrogen and oxygen atoms in total. The van der Waals surface area contributed by atoms with Crippen molar-refractivity contribution in [1.29, 1.82) is 0 Å². The molecule has 0 aliphatic carbocycles. The number of benzene rings is 1. The van der Waals surface area contributed by atoms with Crippen molar-refractivity contribution in [3.05, 3.63) is 28.3 Å². The predicted molar refractivity (Wildman–Crippen MR) is 74.0 cm³/mol. The van der Waals surface area contributed by atoms with Crippen molar-refractivity contribution in [2.75, 3.05) is 13.1 Å². The minimum atomic E-state index is -1.13. The van der Waals surface area contributed by atoms with Gasteiger partial charge < -0.3 is 5.32 Å². The number of fused-ring (bicyclic) bond motifs is 1. The number of non-ortho nitro benzene ring substituents is 1. The van der Waals surface area contributed by atoms with Gasteiger partial charge in [-0.1, -0.05) is 0 Å². The standard InChI is InChI=1S/C11H11N3O3S2/c15-14(16)7-1-2-10-9(5-7)13-11(18-10)19(17)8-3-4-12-6-8/h1-2,5,8,12H,3-4,6H2/t8-,19?/m1/s1. The van der Waals surface area contributed by atoms with E-state index in [4.69, 9.17) is 0 Å². The second kappa shape index (κ2) is 4.95. The molecule has 2 aromatic rings. The fourth-order valence-corrected chi connectivity index (χ4v) is 4.81. The Kier molecular flexibility index (Phi) is 3.29. The van der Waals surface area contributed by atoms with Gasteiger partial charge in [-0.2, -0.15) is 0 Å². The second-order valence-electron chi connectivity index (χ2n) is 4.30. The molecule has 1 aliphatic heterocycles. The van der Waals surface area contributed by atoms with E-state index in [2.05, 4.69) is 10.3 Å². The molecule has 19 heavy (non-hydrogen) atoms. The molecule has 1 fully saturated rings. The monoisotopic (exact) mass is 297 g/mol. The molecule has 0 amide bonds. The first kappa shape index (κ1) is 12.6. The summed E-state index contributed by atoms with van der Waals surface area (Å²) in [5.41, 5.74) is 0.561. The third-order valence-electron chi connectivity index (χ3n) is 3.05.